The summed E-state index contributed by atoms with van der Waals surface area (Å²) in [6.07, 6.45) is 0.272. The number of hydrogen-bond donors (Lipinski definition) is 1. The molecule has 0 aliphatic heterocycles. The first-order valence-corrected chi connectivity index (χ1v) is 4.32. The minimum Gasteiger partial charge on any atom is -0.323 e. The minimum absolute atomic E-state index is 0.272. The van der Waals surface area contributed by atoms with Crippen LogP contribution in [0.5, 0.6) is 0 Å². The third kappa shape index (κ3) is 2.10. The first-order chi connectivity index (χ1) is 6.69. The van der Waals surface area contributed by atoms with Gasteiger partial charge in [-0.25, -0.2) is 0 Å². The van der Waals surface area contributed by atoms with E-state index < -0.39 is 0 Å². The van der Waals surface area contributed by atoms with E-state index in [2.05, 4.69) is 6.07 Å². The minimum atomic E-state index is -0.298. The maximum atomic E-state index is 8.80. The molecule has 0 radical (unpaired) electrons. The van der Waals surface area contributed by atoms with Crippen molar-refractivity contribution in [3.63, 3.8) is 0 Å². The summed E-state index contributed by atoms with van der Waals surface area (Å²) < 4.78 is 0. The lowest BCUT2D eigenvalue weighted by molar-refractivity contribution is 0.748. The van der Waals surface area contributed by atoms with Crippen LogP contribution in [0.15, 0.2) is 18.2 Å². The van der Waals surface area contributed by atoms with E-state index in [1.807, 2.05) is 25.1 Å². The van der Waals surface area contributed by atoms with Crippen molar-refractivity contribution in [2.75, 3.05) is 0 Å². The summed E-state index contributed by atoms with van der Waals surface area (Å²) in [5.74, 6) is 0. The highest BCUT2D eigenvalue weighted by Gasteiger charge is 2.07. The van der Waals surface area contributed by atoms with Gasteiger partial charge in [-0.05, 0) is 24.1 Å². The van der Waals surface area contributed by atoms with Gasteiger partial charge >= 0.3 is 0 Å². The molecule has 0 aliphatic rings. The molecule has 2 N–H and O–H groups in total. The maximum Gasteiger partial charge on any atom is 0.0994 e. The number of nitrogens with zero attached hydrogens (tertiary/aromatic N) is 2. The van der Waals surface area contributed by atoms with E-state index in [1.165, 1.54) is 0 Å². The second kappa shape index (κ2) is 4.41. The molecule has 0 fully saturated rings. The molecule has 0 amide bonds. The van der Waals surface area contributed by atoms with Gasteiger partial charge in [0.15, 0.2) is 0 Å². The van der Waals surface area contributed by atoms with Crippen molar-refractivity contribution in [2.45, 2.75) is 19.4 Å². The predicted molar refractivity (Wildman–Crippen MR) is 53.1 cm³/mol. The van der Waals surface area contributed by atoms with Crippen LogP contribution in [0, 0.1) is 29.6 Å². The zero-order chi connectivity index (χ0) is 10.6. The molecule has 0 aromatic heterocycles. The van der Waals surface area contributed by atoms with E-state index in [0.717, 1.165) is 11.1 Å². The SMILES string of the molecule is Cc1ccc([C@@H](N)CC#N)cc1C#N. The number of aryl methyl sites for hydroxylation is 1. The Balaban J connectivity index is 3.03. The smallest absolute Gasteiger partial charge is 0.0994 e. The molecule has 0 aliphatic carbocycles. The van der Waals surface area contributed by atoms with Gasteiger partial charge in [0.1, 0.15) is 0 Å². The van der Waals surface area contributed by atoms with Crippen LogP contribution in [0.1, 0.15) is 29.2 Å². The van der Waals surface area contributed by atoms with E-state index in [9.17, 15) is 0 Å². The van der Waals surface area contributed by atoms with E-state index in [4.69, 9.17) is 16.3 Å². The summed E-state index contributed by atoms with van der Waals surface area (Å²) in [5.41, 5.74) is 8.14. The molecule has 0 saturated heterocycles. The second-order valence-corrected chi connectivity index (χ2v) is 3.15. The van der Waals surface area contributed by atoms with Gasteiger partial charge in [0.25, 0.3) is 0 Å². The maximum absolute atomic E-state index is 8.80. The lowest BCUT2D eigenvalue weighted by atomic mass is 10.00. The van der Waals surface area contributed by atoms with Crippen LogP contribution in [0.2, 0.25) is 0 Å². The number of benzene rings is 1. The van der Waals surface area contributed by atoms with Crippen molar-refractivity contribution in [3.05, 3.63) is 34.9 Å². The Morgan fingerprint density at radius 1 is 1.43 bits per heavy atom. The Kier molecular flexibility index (Phi) is 3.23. The van der Waals surface area contributed by atoms with E-state index in [0.29, 0.717) is 5.56 Å². The number of nitrogens with two attached hydrogens (primary N) is 1. The van der Waals surface area contributed by atoms with Crippen LogP contribution < -0.4 is 5.73 Å². The van der Waals surface area contributed by atoms with Crippen LogP contribution in [-0.2, 0) is 0 Å². The fourth-order valence-corrected chi connectivity index (χ4v) is 1.21. The molecule has 0 bridgehead atoms. The Labute approximate surface area is 83.4 Å². The van der Waals surface area contributed by atoms with Crippen molar-refractivity contribution in [2.24, 2.45) is 5.73 Å². The van der Waals surface area contributed by atoms with Crippen molar-refractivity contribution in [1.82, 2.24) is 0 Å². The van der Waals surface area contributed by atoms with Crippen LogP contribution in [0.25, 0.3) is 0 Å². The summed E-state index contributed by atoms with van der Waals surface area (Å²) in [7, 11) is 0. The van der Waals surface area contributed by atoms with Crippen LogP contribution in [0.3, 0.4) is 0 Å². The van der Waals surface area contributed by atoms with Crippen molar-refractivity contribution < 1.29 is 0 Å². The molecule has 1 atom stereocenters. The largest absolute Gasteiger partial charge is 0.323 e. The molecule has 3 nitrogen and oxygen atoms in total. The average Bonchev–Trinajstić information content (AvgIpc) is 2.19. The average molecular weight is 185 g/mol. The molecule has 3 heteroatoms. The van der Waals surface area contributed by atoms with Crippen LogP contribution in [0.4, 0.5) is 0 Å². The third-order valence-corrected chi connectivity index (χ3v) is 2.12. The molecule has 0 unspecified atom stereocenters. The summed E-state index contributed by atoms with van der Waals surface area (Å²) in [6.45, 7) is 1.87. The first kappa shape index (κ1) is 10.2. The normalized spacial score (nSPS) is 11.4. The van der Waals surface area contributed by atoms with E-state index >= 15 is 0 Å². The van der Waals surface area contributed by atoms with E-state index in [-0.39, 0.29) is 12.5 Å². The lowest BCUT2D eigenvalue weighted by Crippen LogP contribution is -2.09. The zero-order valence-electron chi connectivity index (χ0n) is 7.99. The van der Waals surface area contributed by atoms with E-state index in [1.54, 1.807) is 6.07 Å². The van der Waals surface area contributed by atoms with Crippen LogP contribution in [-0.4, -0.2) is 0 Å². The number of rotatable bonds is 2. The van der Waals surface area contributed by atoms with Crippen molar-refractivity contribution >= 4 is 0 Å². The van der Waals surface area contributed by atoms with Crippen molar-refractivity contribution in [3.8, 4) is 12.1 Å². The molecule has 1 aromatic rings. The van der Waals surface area contributed by atoms with Gasteiger partial charge in [0, 0.05) is 6.04 Å². The molecule has 1 rings (SSSR count). The number of nitriles is 2. The molecular formula is C11H11N3. The lowest BCUT2D eigenvalue weighted by Gasteiger charge is -2.08. The Hall–Kier alpha value is -1.84. The molecule has 1 aromatic carbocycles. The molecule has 0 spiro atoms. The van der Waals surface area contributed by atoms with Gasteiger partial charge in [-0.2, -0.15) is 10.5 Å². The van der Waals surface area contributed by atoms with Crippen LogP contribution >= 0.6 is 0 Å². The quantitative estimate of drug-likeness (QED) is 0.763. The van der Waals surface area contributed by atoms with Gasteiger partial charge in [0.05, 0.1) is 24.1 Å². The molecule has 0 saturated carbocycles. The first-order valence-electron chi connectivity index (χ1n) is 4.32. The third-order valence-electron chi connectivity index (χ3n) is 2.12. The van der Waals surface area contributed by atoms with Gasteiger partial charge in [-0.1, -0.05) is 12.1 Å². The topological polar surface area (TPSA) is 73.6 Å². The zero-order valence-corrected chi connectivity index (χ0v) is 7.99. The molecule has 14 heavy (non-hydrogen) atoms. The predicted octanol–water partition coefficient (Wildman–Crippen LogP) is 1.78. The standard InChI is InChI=1S/C11H11N3/c1-8-2-3-9(6-10(8)7-13)11(14)4-5-12/h2-3,6,11H,4,14H2,1H3/t11-/m0/s1. The van der Waals surface area contributed by atoms with Gasteiger partial charge in [0.2, 0.25) is 0 Å². The highest BCUT2D eigenvalue weighted by Crippen LogP contribution is 2.17. The number of hydrogen-bond acceptors (Lipinski definition) is 3. The summed E-state index contributed by atoms with van der Waals surface area (Å²) in [6, 6.07) is 9.26. The highest BCUT2D eigenvalue weighted by atomic mass is 14.6. The Morgan fingerprint density at radius 2 is 2.14 bits per heavy atom. The molecular weight excluding hydrogens is 174 g/mol. The Morgan fingerprint density at radius 3 is 2.71 bits per heavy atom. The highest BCUT2D eigenvalue weighted by molar-refractivity contribution is 5.40. The monoisotopic (exact) mass is 185 g/mol. The fourth-order valence-electron chi connectivity index (χ4n) is 1.21. The van der Waals surface area contributed by atoms with Crippen molar-refractivity contribution in [1.29, 1.82) is 10.5 Å². The molecule has 0 heterocycles. The van der Waals surface area contributed by atoms with Gasteiger partial charge < -0.3 is 5.73 Å². The Bertz CT molecular complexity index is 410. The summed E-state index contributed by atoms with van der Waals surface area (Å²) in [4.78, 5) is 0. The molecule has 70 valence electrons. The summed E-state index contributed by atoms with van der Waals surface area (Å²) in [5, 5.41) is 17.3. The summed E-state index contributed by atoms with van der Waals surface area (Å²) >= 11 is 0. The van der Waals surface area contributed by atoms with Gasteiger partial charge in [-0.3, -0.25) is 0 Å². The van der Waals surface area contributed by atoms with Gasteiger partial charge in [-0.15, -0.1) is 0 Å². The second-order valence-electron chi connectivity index (χ2n) is 3.15. The fraction of sp³-hybridized carbons (Fsp3) is 0.273.